The van der Waals surface area contributed by atoms with Crippen LogP contribution >= 0.6 is 11.6 Å². The number of nitrogens with zero attached hydrogens (tertiary/aromatic N) is 1. The first-order chi connectivity index (χ1) is 20.0. The molecule has 0 saturated carbocycles. The largest absolute Gasteiger partial charge is 0.494 e. The molecule has 3 aromatic rings. The molecule has 1 aliphatic heterocycles. The smallest absolute Gasteiger partial charge is 0.282 e. The van der Waals surface area contributed by atoms with E-state index < -0.39 is 11.8 Å². The Bertz CT molecular complexity index is 1340. The van der Waals surface area contributed by atoms with Crippen LogP contribution in [0, 0.1) is 0 Å². The van der Waals surface area contributed by atoms with E-state index in [1.54, 1.807) is 36.4 Å². The lowest BCUT2D eigenvalue weighted by Gasteiger charge is -2.15. The Morgan fingerprint density at radius 2 is 1.49 bits per heavy atom. The molecule has 0 atom stereocenters. The normalized spacial score (nSPS) is 13.8. The number of carbonyl (C=O) groups is 2. The Labute approximate surface area is 245 Å². The highest BCUT2D eigenvalue weighted by molar-refractivity contribution is 6.33. The minimum atomic E-state index is -0.503. The second kappa shape index (κ2) is 15.0. The Balaban J connectivity index is 1.35. The number of halogens is 1. The maximum Gasteiger partial charge on any atom is 0.282 e. The van der Waals surface area contributed by atoms with Crippen molar-refractivity contribution in [1.82, 2.24) is 5.43 Å². The molecule has 1 N–H and O–H groups in total. The van der Waals surface area contributed by atoms with Crippen molar-refractivity contribution in [2.24, 2.45) is 0 Å². The quantitative estimate of drug-likeness (QED) is 0.124. The fraction of sp³-hybridized carbons (Fsp3) is 0.312. The summed E-state index contributed by atoms with van der Waals surface area (Å²) in [7, 11) is 0. The fourth-order valence-electron chi connectivity index (χ4n) is 4.21. The lowest BCUT2D eigenvalue weighted by molar-refractivity contribution is -0.117. The number of hydrogen-bond acceptors (Lipinski definition) is 6. The van der Waals surface area contributed by atoms with Gasteiger partial charge in [0.15, 0.2) is 11.5 Å². The van der Waals surface area contributed by atoms with Crippen LogP contribution in [0.4, 0.5) is 5.69 Å². The van der Waals surface area contributed by atoms with Crippen LogP contribution in [0.25, 0.3) is 6.08 Å². The van der Waals surface area contributed by atoms with Crippen molar-refractivity contribution in [3.8, 4) is 23.0 Å². The van der Waals surface area contributed by atoms with Gasteiger partial charge in [-0.1, -0.05) is 56.0 Å². The summed E-state index contributed by atoms with van der Waals surface area (Å²) in [5.74, 6) is 1.32. The van der Waals surface area contributed by atoms with Crippen LogP contribution in [0.2, 0.25) is 5.02 Å². The minimum absolute atomic E-state index is 0.0117. The van der Waals surface area contributed by atoms with Gasteiger partial charge in [-0.05, 0) is 73.5 Å². The van der Waals surface area contributed by atoms with Gasteiger partial charge in [-0.25, -0.2) is 5.01 Å². The third kappa shape index (κ3) is 8.17. The SMILES string of the molecule is CCCCCCOc1ccc(OCCOc2c(Cl)cc(/C=C3\C(=O)NN(c4ccccc4)C3=O)cc2OCC)cc1. The van der Waals surface area contributed by atoms with Crippen LogP contribution in [0.5, 0.6) is 23.0 Å². The summed E-state index contributed by atoms with van der Waals surface area (Å²) in [5.41, 5.74) is 3.67. The van der Waals surface area contributed by atoms with E-state index in [0.29, 0.717) is 41.7 Å². The van der Waals surface area contributed by atoms with Gasteiger partial charge in [0, 0.05) is 0 Å². The first kappa shape index (κ1) is 29.8. The molecule has 1 aliphatic rings. The molecule has 0 bridgehead atoms. The fourth-order valence-corrected chi connectivity index (χ4v) is 4.49. The molecule has 0 spiro atoms. The molecule has 4 rings (SSSR count). The standard InChI is InChI=1S/C32H35ClN2O6/c1-3-5-6-10-17-39-25-13-15-26(16-14-25)40-18-19-41-30-28(33)21-23(22-29(30)38-4-2)20-27-31(36)34-35(32(27)37)24-11-8-7-9-12-24/h7-9,11-16,20-22H,3-6,10,17-19H2,1-2H3,(H,34,36)/b27-20+. The average Bonchev–Trinajstić information content (AvgIpc) is 3.26. The van der Waals surface area contributed by atoms with Gasteiger partial charge in [0.25, 0.3) is 11.8 Å². The molecule has 3 aromatic carbocycles. The minimum Gasteiger partial charge on any atom is -0.494 e. The molecule has 9 heteroatoms. The zero-order valence-corrected chi connectivity index (χ0v) is 24.1. The number of amides is 2. The van der Waals surface area contributed by atoms with Gasteiger partial charge in [-0.15, -0.1) is 0 Å². The third-order valence-electron chi connectivity index (χ3n) is 6.24. The second-order valence-electron chi connectivity index (χ2n) is 9.32. The summed E-state index contributed by atoms with van der Waals surface area (Å²) in [6.07, 6.45) is 6.15. The van der Waals surface area contributed by atoms with Crippen molar-refractivity contribution in [3.05, 3.63) is 82.9 Å². The van der Waals surface area contributed by atoms with E-state index in [9.17, 15) is 9.59 Å². The van der Waals surface area contributed by atoms with Crippen molar-refractivity contribution >= 4 is 35.2 Å². The average molecular weight is 579 g/mol. The molecule has 2 amide bonds. The van der Waals surface area contributed by atoms with Crippen molar-refractivity contribution in [2.45, 2.75) is 39.5 Å². The molecule has 216 valence electrons. The molecule has 1 heterocycles. The third-order valence-corrected chi connectivity index (χ3v) is 6.52. The van der Waals surface area contributed by atoms with Crippen LogP contribution in [0.3, 0.4) is 0 Å². The van der Waals surface area contributed by atoms with E-state index in [-0.39, 0.29) is 23.8 Å². The number of carbonyl (C=O) groups excluding carboxylic acids is 2. The van der Waals surface area contributed by atoms with Crippen molar-refractivity contribution in [3.63, 3.8) is 0 Å². The lowest BCUT2D eigenvalue weighted by atomic mass is 10.1. The summed E-state index contributed by atoms with van der Waals surface area (Å²) >= 11 is 6.55. The number of para-hydroxylation sites is 1. The Morgan fingerprint density at radius 1 is 0.805 bits per heavy atom. The highest BCUT2D eigenvalue weighted by atomic mass is 35.5. The molecule has 0 aromatic heterocycles. The predicted octanol–water partition coefficient (Wildman–Crippen LogP) is 6.62. The van der Waals surface area contributed by atoms with Gasteiger partial charge < -0.3 is 18.9 Å². The highest BCUT2D eigenvalue weighted by Crippen LogP contribution is 2.37. The van der Waals surface area contributed by atoms with Crippen LogP contribution in [0.1, 0.15) is 45.1 Å². The van der Waals surface area contributed by atoms with Gasteiger partial charge in [0.2, 0.25) is 0 Å². The van der Waals surface area contributed by atoms with E-state index in [1.165, 1.54) is 30.3 Å². The molecular weight excluding hydrogens is 544 g/mol. The zero-order chi connectivity index (χ0) is 29.0. The highest BCUT2D eigenvalue weighted by Gasteiger charge is 2.34. The van der Waals surface area contributed by atoms with Crippen LogP contribution in [0.15, 0.2) is 72.3 Å². The van der Waals surface area contributed by atoms with E-state index in [1.807, 2.05) is 37.3 Å². The Kier molecular flexibility index (Phi) is 10.9. The zero-order valence-electron chi connectivity index (χ0n) is 23.4. The molecule has 0 aliphatic carbocycles. The topological polar surface area (TPSA) is 86.3 Å². The number of unbranched alkanes of at least 4 members (excludes halogenated alkanes) is 3. The molecule has 0 unspecified atom stereocenters. The van der Waals surface area contributed by atoms with E-state index in [2.05, 4.69) is 12.3 Å². The summed E-state index contributed by atoms with van der Waals surface area (Å²) in [6.45, 7) is 5.63. The number of hydrazine groups is 1. The summed E-state index contributed by atoms with van der Waals surface area (Å²) in [6, 6.07) is 19.7. The molecule has 1 fully saturated rings. The first-order valence-electron chi connectivity index (χ1n) is 13.9. The molecular formula is C32H35ClN2O6. The van der Waals surface area contributed by atoms with Gasteiger partial charge >= 0.3 is 0 Å². The number of hydrogen-bond donors (Lipinski definition) is 1. The second-order valence-corrected chi connectivity index (χ2v) is 9.72. The molecule has 8 nitrogen and oxygen atoms in total. The summed E-state index contributed by atoms with van der Waals surface area (Å²) in [4.78, 5) is 25.5. The van der Waals surface area contributed by atoms with Gasteiger partial charge in [-0.3, -0.25) is 15.0 Å². The number of benzene rings is 3. The molecule has 41 heavy (non-hydrogen) atoms. The molecule has 1 saturated heterocycles. The molecule has 0 radical (unpaired) electrons. The first-order valence-corrected chi connectivity index (χ1v) is 14.2. The number of nitrogens with one attached hydrogen (secondary N) is 1. The van der Waals surface area contributed by atoms with Crippen molar-refractivity contribution in [1.29, 1.82) is 0 Å². The number of rotatable bonds is 15. The number of ether oxygens (including phenoxy) is 4. The Hall–Kier alpha value is -4.17. The monoisotopic (exact) mass is 578 g/mol. The van der Waals surface area contributed by atoms with E-state index >= 15 is 0 Å². The Morgan fingerprint density at radius 3 is 2.17 bits per heavy atom. The van der Waals surface area contributed by atoms with E-state index in [0.717, 1.165) is 12.2 Å². The predicted molar refractivity (Wildman–Crippen MR) is 160 cm³/mol. The van der Waals surface area contributed by atoms with Gasteiger partial charge in [0.1, 0.15) is 30.3 Å². The maximum atomic E-state index is 12.9. The van der Waals surface area contributed by atoms with Crippen molar-refractivity contribution < 1.29 is 28.5 Å². The lowest BCUT2D eigenvalue weighted by Crippen LogP contribution is -2.35. The van der Waals surface area contributed by atoms with E-state index in [4.69, 9.17) is 30.5 Å². The van der Waals surface area contributed by atoms with Gasteiger partial charge in [0.05, 0.1) is 23.9 Å². The van der Waals surface area contributed by atoms with Crippen LogP contribution in [-0.2, 0) is 9.59 Å². The van der Waals surface area contributed by atoms with Gasteiger partial charge in [-0.2, -0.15) is 0 Å². The maximum absolute atomic E-state index is 12.9. The van der Waals surface area contributed by atoms with Crippen LogP contribution in [-0.4, -0.2) is 38.2 Å². The summed E-state index contributed by atoms with van der Waals surface area (Å²) in [5, 5.41) is 1.50. The van der Waals surface area contributed by atoms with Crippen molar-refractivity contribution in [2.75, 3.05) is 31.4 Å². The summed E-state index contributed by atoms with van der Waals surface area (Å²) < 4.78 is 23.2. The number of anilines is 1. The van der Waals surface area contributed by atoms with Crippen LogP contribution < -0.4 is 29.4 Å².